The van der Waals surface area contributed by atoms with E-state index >= 15 is 0 Å². The second-order valence-corrected chi connectivity index (χ2v) is 8.72. The van der Waals surface area contributed by atoms with Gasteiger partial charge in [-0.1, -0.05) is 36.4 Å². The molecular formula is C27H25F2N3O4. The maximum absolute atomic E-state index is 13.9. The van der Waals surface area contributed by atoms with E-state index in [4.69, 9.17) is 4.74 Å². The lowest BCUT2D eigenvalue weighted by atomic mass is 10.00. The Kier molecular flexibility index (Phi) is 7.28. The highest BCUT2D eigenvalue weighted by molar-refractivity contribution is 6.04. The van der Waals surface area contributed by atoms with Gasteiger partial charge in [-0.3, -0.25) is 14.5 Å². The van der Waals surface area contributed by atoms with Crippen molar-refractivity contribution in [3.8, 4) is 0 Å². The van der Waals surface area contributed by atoms with Gasteiger partial charge in [-0.15, -0.1) is 0 Å². The molecule has 0 aromatic heterocycles. The van der Waals surface area contributed by atoms with E-state index in [1.54, 1.807) is 42.5 Å². The maximum Gasteiger partial charge on any atom is 0.411 e. The summed E-state index contributed by atoms with van der Waals surface area (Å²) in [7, 11) is 0. The van der Waals surface area contributed by atoms with Crippen molar-refractivity contribution in [2.75, 3.05) is 5.32 Å². The first-order valence-electron chi connectivity index (χ1n) is 11.4. The number of carbonyl (C=O) groups is 3. The van der Waals surface area contributed by atoms with E-state index in [9.17, 15) is 23.2 Å². The largest absolute Gasteiger partial charge is 0.438 e. The van der Waals surface area contributed by atoms with Gasteiger partial charge in [-0.25, -0.2) is 13.6 Å². The smallest absolute Gasteiger partial charge is 0.411 e. The van der Waals surface area contributed by atoms with Crippen molar-refractivity contribution in [1.29, 1.82) is 0 Å². The summed E-state index contributed by atoms with van der Waals surface area (Å²) in [6.45, 7) is 3.67. The van der Waals surface area contributed by atoms with Gasteiger partial charge < -0.3 is 15.4 Å². The predicted molar refractivity (Wildman–Crippen MR) is 129 cm³/mol. The molecule has 1 fully saturated rings. The molecule has 4 rings (SSSR count). The number of carbonyl (C=O) groups excluding carboxylic acids is 3. The molecule has 2 unspecified atom stereocenters. The Bertz CT molecular complexity index is 1260. The van der Waals surface area contributed by atoms with Gasteiger partial charge in [-0.05, 0) is 61.4 Å². The van der Waals surface area contributed by atoms with Gasteiger partial charge in [0.15, 0.2) is 12.1 Å². The van der Waals surface area contributed by atoms with Gasteiger partial charge in [0, 0.05) is 11.7 Å². The van der Waals surface area contributed by atoms with E-state index in [0.717, 1.165) is 0 Å². The van der Waals surface area contributed by atoms with Gasteiger partial charge in [0.2, 0.25) is 5.91 Å². The Morgan fingerprint density at radius 1 is 0.972 bits per heavy atom. The number of halogens is 2. The molecule has 1 saturated heterocycles. The molecule has 2 atom stereocenters. The predicted octanol–water partition coefficient (Wildman–Crippen LogP) is 4.80. The van der Waals surface area contributed by atoms with E-state index in [1.807, 2.05) is 13.8 Å². The van der Waals surface area contributed by atoms with E-state index < -0.39 is 35.8 Å². The van der Waals surface area contributed by atoms with Crippen molar-refractivity contribution in [3.63, 3.8) is 0 Å². The topological polar surface area (TPSA) is 87.7 Å². The summed E-state index contributed by atoms with van der Waals surface area (Å²) in [4.78, 5) is 39.6. The Morgan fingerprint density at radius 2 is 1.64 bits per heavy atom. The third-order valence-electron chi connectivity index (χ3n) is 5.67. The van der Waals surface area contributed by atoms with Crippen LogP contribution in [0.3, 0.4) is 0 Å². The molecular weight excluding hydrogens is 468 g/mol. The van der Waals surface area contributed by atoms with Crippen LogP contribution in [0, 0.1) is 11.6 Å². The summed E-state index contributed by atoms with van der Waals surface area (Å²) < 4.78 is 32.8. The molecule has 7 nitrogen and oxygen atoms in total. The minimum atomic E-state index is -0.969. The summed E-state index contributed by atoms with van der Waals surface area (Å²) in [5.41, 5.74) is 1.50. The van der Waals surface area contributed by atoms with Gasteiger partial charge in [0.25, 0.3) is 5.91 Å². The van der Waals surface area contributed by atoms with Crippen LogP contribution in [0.15, 0.2) is 72.8 Å². The molecule has 36 heavy (non-hydrogen) atoms. The Morgan fingerprint density at radius 3 is 2.28 bits per heavy atom. The molecule has 3 aromatic rings. The van der Waals surface area contributed by atoms with Crippen LogP contribution < -0.4 is 10.6 Å². The zero-order chi connectivity index (χ0) is 25.8. The third-order valence-corrected chi connectivity index (χ3v) is 5.67. The lowest BCUT2D eigenvalue weighted by molar-refractivity contribution is -0.126. The minimum absolute atomic E-state index is 0.0581. The highest BCUT2D eigenvalue weighted by atomic mass is 19.1. The molecule has 3 amide bonds. The van der Waals surface area contributed by atoms with Crippen molar-refractivity contribution in [2.24, 2.45) is 0 Å². The molecule has 0 spiro atoms. The number of hydrogen-bond donors (Lipinski definition) is 2. The zero-order valence-electron chi connectivity index (χ0n) is 19.7. The Labute approximate surface area is 207 Å². The van der Waals surface area contributed by atoms with Crippen molar-refractivity contribution >= 4 is 23.6 Å². The number of ether oxygens (including phenoxy) is 1. The normalized spacial score (nSPS) is 17.1. The van der Waals surface area contributed by atoms with Crippen LogP contribution in [0.25, 0.3) is 0 Å². The van der Waals surface area contributed by atoms with Crippen LogP contribution in [0.4, 0.5) is 19.3 Å². The summed E-state index contributed by atoms with van der Waals surface area (Å²) in [5.74, 6) is -2.03. The Hall–Kier alpha value is -4.27. The monoisotopic (exact) mass is 493 g/mol. The molecule has 186 valence electrons. The number of nitrogens with zero attached hydrogens (tertiary/aromatic N) is 1. The summed E-state index contributed by atoms with van der Waals surface area (Å²) in [5, 5.41) is 5.45. The van der Waals surface area contributed by atoms with Crippen LogP contribution >= 0.6 is 0 Å². The summed E-state index contributed by atoms with van der Waals surface area (Å²) >= 11 is 0. The van der Waals surface area contributed by atoms with E-state index in [-0.39, 0.29) is 24.1 Å². The number of nitrogens with one attached hydrogen (secondary N) is 2. The third kappa shape index (κ3) is 5.51. The highest BCUT2D eigenvalue weighted by Crippen LogP contribution is 2.34. The van der Waals surface area contributed by atoms with E-state index in [1.165, 1.54) is 35.2 Å². The van der Waals surface area contributed by atoms with Crippen molar-refractivity contribution in [2.45, 2.75) is 38.6 Å². The number of benzene rings is 3. The number of cyclic esters (lactones) is 1. The Balaban J connectivity index is 1.56. The number of hydrogen-bond acceptors (Lipinski definition) is 4. The summed E-state index contributed by atoms with van der Waals surface area (Å²) in [6.07, 6.45) is -1.59. The SMILES string of the molecule is CC(C)NC(=O)C1C(c2ccc(NC(=O)c3ccccc3F)cc2)OC(=O)N1Cc1ccc(F)cc1. The molecule has 2 N–H and O–H groups in total. The highest BCUT2D eigenvalue weighted by Gasteiger charge is 2.47. The minimum Gasteiger partial charge on any atom is -0.438 e. The van der Waals surface area contributed by atoms with Gasteiger partial charge in [0.05, 0.1) is 12.1 Å². The van der Waals surface area contributed by atoms with Gasteiger partial charge >= 0.3 is 6.09 Å². The van der Waals surface area contributed by atoms with Crippen molar-refractivity contribution < 1.29 is 27.9 Å². The first-order chi connectivity index (χ1) is 17.2. The number of rotatable bonds is 7. The molecule has 9 heteroatoms. The second kappa shape index (κ2) is 10.6. The fourth-order valence-corrected chi connectivity index (χ4v) is 3.97. The van der Waals surface area contributed by atoms with E-state index in [0.29, 0.717) is 16.8 Å². The fourth-order valence-electron chi connectivity index (χ4n) is 3.97. The van der Waals surface area contributed by atoms with Crippen LogP contribution in [0.2, 0.25) is 0 Å². The van der Waals surface area contributed by atoms with Gasteiger partial charge in [0.1, 0.15) is 11.6 Å². The lowest BCUT2D eigenvalue weighted by Crippen LogP contribution is -2.48. The van der Waals surface area contributed by atoms with Crippen molar-refractivity contribution in [3.05, 3.63) is 101 Å². The fraction of sp³-hybridized carbons (Fsp3) is 0.222. The average molecular weight is 494 g/mol. The lowest BCUT2D eigenvalue weighted by Gasteiger charge is -2.25. The molecule has 1 aliphatic heterocycles. The number of anilines is 1. The number of amides is 3. The van der Waals surface area contributed by atoms with Crippen LogP contribution in [-0.4, -0.2) is 34.9 Å². The van der Waals surface area contributed by atoms with Gasteiger partial charge in [-0.2, -0.15) is 0 Å². The van der Waals surface area contributed by atoms with Crippen LogP contribution in [0.1, 0.15) is 41.4 Å². The molecule has 0 radical (unpaired) electrons. The maximum atomic E-state index is 13.9. The quantitative estimate of drug-likeness (QED) is 0.495. The van der Waals surface area contributed by atoms with Crippen molar-refractivity contribution in [1.82, 2.24) is 10.2 Å². The standard InChI is InChI=1S/C27H25F2N3O4/c1-16(2)30-26(34)23-24(36-27(35)32(23)15-17-7-11-19(28)12-8-17)18-9-13-20(14-10-18)31-25(33)21-5-3-4-6-22(21)29/h3-14,16,23-24H,15H2,1-2H3,(H,30,34)(H,31,33). The van der Waals surface area contributed by atoms with Crippen LogP contribution in [-0.2, 0) is 16.1 Å². The first-order valence-corrected chi connectivity index (χ1v) is 11.4. The molecule has 0 aliphatic carbocycles. The molecule has 1 heterocycles. The molecule has 1 aliphatic rings. The van der Waals surface area contributed by atoms with Crippen LogP contribution in [0.5, 0.6) is 0 Å². The first kappa shape index (κ1) is 24.8. The summed E-state index contributed by atoms with van der Waals surface area (Å²) in [6, 6.07) is 16.6. The molecule has 0 bridgehead atoms. The molecule has 0 saturated carbocycles. The van der Waals surface area contributed by atoms with E-state index in [2.05, 4.69) is 10.6 Å². The zero-order valence-corrected chi connectivity index (χ0v) is 19.7. The second-order valence-electron chi connectivity index (χ2n) is 8.72. The molecule has 3 aromatic carbocycles. The average Bonchev–Trinajstić information content (AvgIpc) is 3.16.